The summed E-state index contributed by atoms with van der Waals surface area (Å²) in [4.78, 5) is 16.1. The zero-order valence-electron chi connectivity index (χ0n) is 11.4. The van der Waals surface area contributed by atoms with E-state index in [9.17, 15) is 4.79 Å². The molecule has 1 aliphatic heterocycles. The van der Waals surface area contributed by atoms with Gasteiger partial charge in [-0.3, -0.25) is 0 Å². The van der Waals surface area contributed by atoms with E-state index in [0.29, 0.717) is 11.6 Å². The van der Waals surface area contributed by atoms with E-state index in [2.05, 4.69) is 24.1 Å². The van der Waals surface area contributed by atoms with Gasteiger partial charge in [0.05, 0.1) is 0 Å². The van der Waals surface area contributed by atoms with E-state index in [1.54, 1.807) is 6.07 Å². The first-order valence-corrected chi connectivity index (χ1v) is 7.08. The first-order valence-electron chi connectivity index (χ1n) is 6.70. The van der Waals surface area contributed by atoms with Gasteiger partial charge in [-0.1, -0.05) is 25.4 Å². The first kappa shape index (κ1) is 14.2. The highest BCUT2D eigenvalue weighted by atomic mass is 35.5. The van der Waals surface area contributed by atoms with Crippen molar-refractivity contribution < 1.29 is 4.79 Å². The third-order valence-electron chi connectivity index (χ3n) is 3.54. The number of likely N-dealkylation sites (N-methyl/N-ethyl adjacent to an activating group) is 1. The van der Waals surface area contributed by atoms with Crippen molar-refractivity contribution in [2.45, 2.75) is 20.4 Å². The Morgan fingerprint density at radius 1 is 1.37 bits per heavy atom. The van der Waals surface area contributed by atoms with Crippen molar-refractivity contribution in [3.05, 3.63) is 28.8 Å². The highest BCUT2D eigenvalue weighted by molar-refractivity contribution is 6.30. The average molecular weight is 282 g/mol. The Bertz CT molecular complexity index is 460. The largest absolute Gasteiger partial charge is 0.322 e. The molecule has 104 valence electrons. The molecule has 1 aromatic carbocycles. The Hall–Kier alpha value is -1.26. The minimum Gasteiger partial charge on any atom is -0.319 e. The number of carbonyl (C=O) groups is 1. The number of urea groups is 1. The third-order valence-corrected chi connectivity index (χ3v) is 3.77. The molecule has 0 fully saturated rings. The van der Waals surface area contributed by atoms with E-state index in [-0.39, 0.29) is 6.03 Å². The monoisotopic (exact) mass is 281 g/mol. The van der Waals surface area contributed by atoms with E-state index in [0.717, 1.165) is 37.4 Å². The lowest BCUT2D eigenvalue weighted by molar-refractivity contribution is 0.192. The van der Waals surface area contributed by atoms with Gasteiger partial charge in [0.25, 0.3) is 0 Å². The fourth-order valence-electron chi connectivity index (χ4n) is 2.27. The summed E-state index contributed by atoms with van der Waals surface area (Å²) in [6, 6.07) is 5.55. The lowest BCUT2D eigenvalue weighted by atomic mass is 10.1. The zero-order valence-corrected chi connectivity index (χ0v) is 12.2. The van der Waals surface area contributed by atoms with Crippen LogP contribution in [-0.4, -0.2) is 42.0 Å². The zero-order chi connectivity index (χ0) is 13.8. The van der Waals surface area contributed by atoms with Gasteiger partial charge >= 0.3 is 6.03 Å². The molecule has 0 saturated heterocycles. The van der Waals surface area contributed by atoms with Crippen LogP contribution in [0.4, 0.5) is 10.5 Å². The number of anilines is 1. The molecule has 0 spiro atoms. The molecule has 2 amide bonds. The summed E-state index contributed by atoms with van der Waals surface area (Å²) >= 11 is 5.99. The Kier molecular flexibility index (Phi) is 4.66. The van der Waals surface area contributed by atoms with Gasteiger partial charge in [0, 0.05) is 30.3 Å². The minimum atomic E-state index is -0.0259. The summed E-state index contributed by atoms with van der Waals surface area (Å²) in [5.41, 5.74) is 1.94. The molecule has 0 radical (unpaired) electrons. The van der Waals surface area contributed by atoms with Gasteiger partial charge < -0.3 is 15.1 Å². The summed E-state index contributed by atoms with van der Waals surface area (Å²) in [6.45, 7) is 8.55. The highest BCUT2D eigenvalue weighted by Crippen LogP contribution is 2.26. The number of hydrogen-bond donors (Lipinski definition) is 1. The standard InChI is InChI=1S/C14H20ClN3O/c1-3-17(4-2)7-8-18-10-11-9-12(15)5-6-13(11)16-14(18)19/h5-6,9H,3-4,7-8,10H2,1-2H3,(H,16,19). The Balaban J connectivity index is 2.02. The molecule has 0 aromatic heterocycles. The molecule has 4 nitrogen and oxygen atoms in total. The SMILES string of the molecule is CCN(CC)CCN1Cc2cc(Cl)ccc2NC1=O. The number of hydrogen-bond acceptors (Lipinski definition) is 2. The lowest BCUT2D eigenvalue weighted by Crippen LogP contribution is -2.43. The number of rotatable bonds is 5. The molecule has 0 bridgehead atoms. The van der Waals surface area contributed by atoms with Crippen LogP contribution in [0, 0.1) is 0 Å². The second-order valence-corrected chi connectivity index (χ2v) is 5.12. The molecule has 0 unspecified atom stereocenters. The summed E-state index contributed by atoms with van der Waals surface area (Å²) < 4.78 is 0. The van der Waals surface area contributed by atoms with Crippen LogP contribution in [0.15, 0.2) is 18.2 Å². The molecule has 5 heteroatoms. The lowest BCUT2D eigenvalue weighted by Gasteiger charge is -2.31. The van der Waals surface area contributed by atoms with Crippen LogP contribution in [0.5, 0.6) is 0 Å². The van der Waals surface area contributed by atoms with Crippen LogP contribution in [0.3, 0.4) is 0 Å². The molecule has 0 aliphatic carbocycles. The summed E-state index contributed by atoms with van der Waals surface area (Å²) in [7, 11) is 0. The van der Waals surface area contributed by atoms with Crippen molar-refractivity contribution in [3.63, 3.8) is 0 Å². The maximum Gasteiger partial charge on any atom is 0.322 e. The number of nitrogens with one attached hydrogen (secondary N) is 1. The Morgan fingerprint density at radius 2 is 2.11 bits per heavy atom. The molecule has 0 saturated carbocycles. The van der Waals surface area contributed by atoms with Gasteiger partial charge in [-0.2, -0.15) is 0 Å². The fourth-order valence-corrected chi connectivity index (χ4v) is 2.46. The predicted octanol–water partition coefficient (Wildman–Crippen LogP) is 3.03. The molecular weight excluding hydrogens is 262 g/mol. The van der Waals surface area contributed by atoms with Crippen molar-refractivity contribution in [2.75, 3.05) is 31.5 Å². The van der Waals surface area contributed by atoms with Gasteiger partial charge in [0.1, 0.15) is 0 Å². The van der Waals surface area contributed by atoms with Crippen molar-refractivity contribution in [3.8, 4) is 0 Å². The van der Waals surface area contributed by atoms with Crippen LogP contribution in [0.1, 0.15) is 19.4 Å². The van der Waals surface area contributed by atoms with E-state index in [1.807, 2.05) is 17.0 Å². The van der Waals surface area contributed by atoms with Gasteiger partial charge in [0.2, 0.25) is 0 Å². The minimum absolute atomic E-state index is 0.0259. The van der Waals surface area contributed by atoms with E-state index in [1.165, 1.54) is 0 Å². The van der Waals surface area contributed by atoms with Crippen molar-refractivity contribution >= 4 is 23.3 Å². The Morgan fingerprint density at radius 3 is 2.79 bits per heavy atom. The van der Waals surface area contributed by atoms with Crippen LogP contribution < -0.4 is 5.32 Å². The first-order chi connectivity index (χ1) is 9.13. The van der Waals surface area contributed by atoms with Crippen molar-refractivity contribution in [1.82, 2.24) is 9.80 Å². The fraction of sp³-hybridized carbons (Fsp3) is 0.500. The molecule has 2 rings (SSSR count). The number of carbonyl (C=O) groups excluding carboxylic acids is 1. The van der Waals surface area contributed by atoms with Gasteiger partial charge in [0.15, 0.2) is 0 Å². The molecular formula is C14H20ClN3O. The second kappa shape index (κ2) is 6.26. The summed E-state index contributed by atoms with van der Waals surface area (Å²) in [5.74, 6) is 0. The predicted molar refractivity (Wildman–Crippen MR) is 78.7 cm³/mol. The molecule has 19 heavy (non-hydrogen) atoms. The van der Waals surface area contributed by atoms with Crippen LogP contribution in [0.25, 0.3) is 0 Å². The van der Waals surface area contributed by atoms with Gasteiger partial charge in [-0.05, 0) is 36.9 Å². The third kappa shape index (κ3) is 3.39. The van der Waals surface area contributed by atoms with Crippen molar-refractivity contribution in [1.29, 1.82) is 0 Å². The highest BCUT2D eigenvalue weighted by Gasteiger charge is 2.22. The molecule has 1 aliphatic rings. The average Bonchev–Trinajstić information content (AvgIpc) is 2.40. The van der Waals surface area contributed by atoms with Gasteiger partial charge in [-0.15, -0.1) is 0 Å². The summed E-state index contributed by atoms with van der Waals surface area (Å²) in [5, 5.41) is 3.61. The molecule has 1 aromatic rings. The van der Waals surface area contributed by atoms with Crippen LogP contribution >= 0.6 is 11.6 Å². The number of halogens is 1. The number of benzene rings is 1. The Labute approximate surface area is 119 Å². The maximum atomic E-state index is 12.0. The van der Waals surface area contributed by atoms with Crippen LogP contribution in [0.2, 0.25) is 5.02 Å². The molecule has 1 N–H and O–H groups in total. The normalized spacial score (nSPS) is 14.5. The molecule has 0 atom stereocenters. The van der Waals surface area contributed by atoms with E-state index < -0.39 is 0 Å². The number of nitrogens with zero attached hydrogens (tertiary/aromatic N) is 2. The summed E-state index contributed by atoms with van der Waals surface area (Å²) in [6.07, 6.45) is 0. The van der Waals surface area contributed by atoms with Crippen LogP contribution in [-0.2, 0) is 6.54 Å². The van der Waals surface area contributed by atoms with E-state index in [4.69, 9.17) is 11.6 Å². The van der Waals surface area contributed by atoms with Crippen molar-refractivity contribution in [2.24, 2.45) is 0 Å². The smallest absolute Gasteiger partial charge is 0.319 e. The van der Waals surface area contributed by atoms with E-state index >= 15 is 0 Å². The topological polar surface area (TPSA) is 35.6 Å². The number of amides is 2. The molecule has 1 heterocycles. The quantitative estimate of drug-likeness (QED) is 0.900. The van der Waals surface area contributed by atoms with Gasteiger partial charge in [-0.25, -0.2) is 4.79 Å². The maximum absolute atomic E-state index is 12.0. The number of fused-ring (bicyclic) bond motifs is 1. The second-order valence-electron chi connectivity index (χ2n) is 4.68.